The van der Waals surface area contributed by atoms with Gasteiger partial charge in [-0.2, -0.15) is 0 Å². The van der Waals surface area contributed by atoms with Crippen LogP contribution >= 0.6 is 11.6 Å². The zero-order chi connectivity index (χ0) is 23.7. The summed E-state index contributed by atoms with van der Waals surface area (Å²) in [7, 11) is 0. The van der Waals surface area contributed by atoms with Crippen LogP contribution in [-0.4, -0.2) is 71.2 Å². The van der Waals surface area contributed by atoms with Gasteiger partial charge < -0.3 is 15.4 Å². The van der Waals surface area contributed by atoms with Crippen molar-refractivity contribution in [2.75, 3.05) is 39.3 Å². The number of rotatable bonds is 6. The molecule has 1 aromatic carbocycles. The molecule has 1 unspecified atom stereocenters. The van der Waals surface area contributed by atoms with Crippen molar-refractivity contribution in [2.45, 2.75) is 26.4 Å². The number of carbonyl (C=O) groups is 1. The molecule has 1 atom stereocenters. The number of carbonyl (C=O) groups excluding carboxylic acids is 1. The van der Waals surface area contributed by atoms with Crippen molar-refractivity contribution in [1.82, 2.24) is 19.8 Å². The van der Waals surface area contributed by atoms with Crippen molar-refractivity contribution in [1.29, 1.82) is 0 Å². The van der Waals surface area contributed by atoms with Gasteiger partial charge in [-0.25, -0.2) is 18.7 Å². The van der Waals surface area contributed by atoms with E-state index in [0.29, 0.717) is 59.6 Å². The number of likely N-dealkylation sites (tertiary alicyclic amines) is 1. The molecule has 10 heteroatoms. The fraction of sp³-hybridized carbons (Fsp3) is 0.435. The number of nitrogens with two attached hydrogens (primary N) is 1. The summed E-state index contributed by atoms with van der Waals surface area (Å²) in [6, 6.07) is 3.82. The SMILES string of the molecule is Cc1nc(C2=C(N)CN(C(=O)c3ccc(F)cc3OCCN3CCC(F)C3)C2)nc(C)c1Cl. The molecule has 2 aliphatic rings. The van der Waals surface area contributed by atoms with Crippen LogP contribution in [0.2, 0.25) is 5.02 Å². The Kier molecular flexibility index (Phi) is 6.81. The molecule has 2 aliphatic heterocycles. The van der Waals surface area contributed by atoms with E-state index in [2.05, 4.69) is 9.97 Å². The third kappa shape index (κ3) is 5.09. The summed E-state index contributed by atoms with van der Waals surface area (Å²) in [5.74, 6) is -0.255. The number of hydrogen-bond donors (Lipinski definition) is 1. The Morgan fingerprint density at radius 2 is 2.00 bits per heavy atom. The maximum absolute atomic E-state index is 13.9. The molecule has 2 N–H and O–H groups in total. The molecule has 0 radical (unpaired) electrons. The van der Waals surface area contributed by atoms with Gasteiger partial charge in [0.2, 0.25) is 0 Å². The largest absolute Gasteiger partial charge is 0.491 e. The van der Waals surface area contributed by atoms with Gasteiger partial charge in [0.05, 0.1) is 35.1 Å². The maximum atomic E-state index is 13.9. The van der Waals surface area contributed by atoms with Gasteiger partial charge in [0, 0.05) is 37.0 Å². The van der Waals surface area contributed by atoms with Crippen LogP contribution in [0.15, 0.2) is 23.9 Å². The first-order valence-corrected chi connectivity index (χ1v) is 11.2. The number of nitrogens with zero attached hydrogens (tertiary/aromatic N) is 4. The fourth-order valence-corrected chi connectivity index (χ4v) is 4.17. The highest BCUT2D eigenvalue weighted by atomic mass is 35.5. The van der Waals surface area contributed by atoms with E-state index in [1.165, 1.54) is 18.2 Å². The summed E-state index contributed by atoms with van der Waals surface area (Å²) < 4.78 is 33.0. The highest BCUT2D eigenvalue weighted by Crippen LogP contribution is 2.28. The number of amides is 1. The van der Waals surface area contributed by atoms with Crippen LogP contribution in [0.3, 0.4) is 0 Å². The van der Waals surface area contributed by atoms with Gasteiger partial charge in [-0.3, -0.25) is 9.69 Å². The van der Waals surface area contributed by atoms with E-state index in [-0.39, 0.29) is 36.9 Å². The molecule has 0 bridgehead atoms. The zero-order valence-corrected chi connectivity index (χ0v) is 19.3. The summed E-state index contributed by atoms with van der Waals surface area (Å²) in [4.78, 5) is 25.6. The smallest absolute Gasteiger partial charge is 0.258 e. The second kappa shape index (κ2) is 9.61. The van der Waals surface area contributed by atoms with Gasteiger partial charge in [0.15, 0.2) is 5.82 Å². The van der Waals surface area contributed by atoms with Crippen LogP contribution in [0, 0.1) is 19.7 Å². The normalized spacial score (nSPS) is 18.9. The lowest BCUT2D eigenvalue weighted by atomic mass is 10.1. The Bertz CT molecular complexity index is 1090. The lowest BCUT2D eigenvalue weighted by Gasteiger charge is -2.20. The van der Waals surface area contributed by atoms with Gasteiger partial charge in [-0.1, -0.05) is 11.6 Å². The molecule has 2 aromatic rings. The standard InChI is InChI=1S/C23H26ClF2N5O2/c1-13-21(24)14(2)29-22(28-13)18-11-31(12-19(18)27)23(32)17-4-3-15(25)9-20(17)33-8-7-30-6-5-16(26)10-30/h3-4,9,16H,5-8,10-12,27H2,1-2H3. The van der Waals surface area contributed by atoms with Crippen LogP contribution in [0.25, 0.3) is 5.57 Å². The lowest BCUT2D eigenvalue weighted by molar-refractivity contribution is 0.0794. The minimum atomic E-state index is -0.823. The van der Waals surface area contributed by atoms with Crippen molar-refractivity contribution in [2.24, 2.45) is 5.73 Å². The third-order valence-corrected chi connectivity index (χ3v) is 6.44. The second-order valence-corrected chi connectivity index (χ2v) is 8.75. The average molecular weight is 478 g/mol. The van der Waals surface area contributed by atoms with Gasteiger partial charge in [-0.05, 0) is 32.4 Å². The molecule has 176 valence electrons. The summed E-state index contributed by atoms with van der Waals surface area (Å²) in [6.07, 6.45) is -0.318. The van der Waals surface area contributed by atoms with E-state index in [0.717, 1.165) is 0 Å². The minimum absolute atomic E-state index is 0.150. The van der Waals surface area contributed by atoms with Crippen LogP contribution in [0.5, 0.6) is 5.75 Å². The van der Waals surface area contributed by atoms with E-state index in [1.807, 2.05) is 4.90 Å². The Morgan fingerprint density at radius 1 is 1.27 bits per heavy atom. The minimum Gasteiger partial charge on any atom is -0.491 e. The monoisotopic (exact) mass is 477 g/mol. The van der Waals surface area contributed by atoms with Crippen molar-refractivity contribution in [3.63, 3.8) is 0 Å². The van der Waals surface area contributed by atoms with Crippen molar-refractivity contribution < 1.29 is 18.3 Å². The van der Waals surface area contributed by atoms with Gasteiger partial charge in [0.1, 0.15) is 24.3 Å². The highest BCUT2D eigenvalue weighted by molar-refractivity contribution is 6.31. The number of aryl methyl sites for hydroxylation is 2. The summed E-state index contributed by atoms with van der Waals surface area (Å²) in [5.41, 5.74) is 8.88. The molecule has 1 amide bonds. The maximum Gasteiger partial charge on any atom is 0.258 e. The quantitative estimate of drug-likeness (QED) is 0.688. The van der Waals surface area contributed by atoms with Crippen molar-refractivity contribution in [3.8, 4) is 5.75 Å². The molecule has 33 heavy (non-hydrogen) atoms. The molecule has 4 rings (SSSR count). The summed E-state index contributed by atoms with van der Waals surface area (Å²) >= 11 is 6.17. The van der Waals surface area contributed by atoms with Crippen LogP contribution in [0.4, 0.5) is 8.78 Å². The van der Waals surface area contributed by atoms with E-state index in [9.17, 15) is 13.6 Å². The Balaban J connectivity index is 1.47. The topological polar surface area (TPSA) is 84.6 Å². The average Bonchev–Trinajstić information content (AvgIpc) is 3.36. The molecule has 1 saturated heterocycles. The second-order valence-electron chi connectivity index (χ2n) is 8.37. The predicted octanol–water partition coefficient (Wildman–Crippen LogP) is 3.13. The third-order valence-electron chi connectivity index (χ3n) is 5.89. The molecule has 0 saturated carbocycles. The molecule has 0 aliphatic carbocycles. The highest BCUT2D eigenvalue weighted by Gasteiger charge is 2.30. The fourth-order valence-electron chi connectivity index (χ4n) is 4.08. The lowest BCUT2D eigenvalue weighted by Crippen LogP contribution is -2.31. The number of halogens is 3. The summed E-state index contributed by atoms with van der Waals surface area (Å²) in [6.45, 7) is 5.73. The molecule has 0 spiro atoms. The number of alkyl halides is 1. The van der Waals surface area contributed by atoms with E-state index < -0.39 is 12.0 Å². The van der Waals surface area contributed by atoms with Crippen molar-refractivity contribution in [3.05, 3.63) is 57.5 Å². The van der Waals surface area contributed by atoms with Crippen LogP contribution in [-0.2, 0) is 0 Å². The molecule has 7 nitrogen and oxygen atoms in total. The van der Waals surface area contributed by atoms with Gasteiger partial charge in [-0.15, -0.1) is 0 Å². The molecule has 1 fully saturated rings. The van der Waals surface area contributed by atoms with Gasteiger partial charge >= 0.3 is 0 Å². The first-order valence-electron chi connectivity index (χ1n) is 10.8. The molecule has 1 aromatic heterocycles. The zero-order valence-electron chi connectivity index (χ0n) is 18.6. The first kappa shape index (κ1) is 23.4. The number of benzene rings is 1. The van der Waals surface area contributed by atoms with E-state index >= 15 is 0 Å². The Hall–Kier alpha value is -2.78. The molecular weight excluding hydrogens is 452 g/mol. The molecule has 3 heterocycles. The Labute approximate surface area is 196 Å². The number of hydrogen-bond acceptors (Lipinski definition) is 6. The Morgan fingerprint density at radius 3 is 2.67 bits per heavy atom. The van der Waals surface area contributed by atoms with Crippen LogP contribution in [0.1, 0.15) is 34.0 Å². The predicted molar refractivity (Wildman–Crippen MR) is 121 cm³/mol. The molecular formula is C23H26ClF2N5O2. The van der Waals surface area contributed by atoms with Crippen LogP contribution < -0.4 is 10.5 Å². The number of ether oxygens (including phenoxy) is 1. The summed E-state index contributed by atoms with van der Waals surface area (Å²) in [5, 5.41) is 0.493. The first-order chi connectivity index (χ1) is 15.7. The number of aromatic nitrogens is 2. The van der Waals surface area contributed by atoms with Gasteiger partial charge in [0.25, 0.3) is 5.91 Å². The van der Waals surface area contributed by atoms with Crippen molar-refractivity contribution >= 4 is 23.1 Å². The van der Waals surface area contributed by atoms with E-state index in [1.54, 1.807) is 18.7 Å². The van der Waals surface area contributed by atoms with E-state index in [4.69, 9.17) is 22.1 Å².